The molecule has 2 amide bonds. The van der Waals surface area contributed by atoms with E-state index in [1.54, 1.807) is 42.3 Å². The van der Waals surface area contributed by atoms with Crippen LogP contribution in [0.3, 0.4) is 0 Å². The molecular formula is C21H20N2O3S2. The molecule has 28 heavy (non-hydrogen) atoms. The minimum absolute atomic E-state index is 0.102. The summed E-state index contributed by atoms with van der Waals surface area (Å²) in [5, 5.41) is 9.33. The molecular weight excluding hydrogens is 392 g/mol. The second-order valence-corrected chi connectivity index (χ2v) is 7.97. The lowest BCUT2D eigenvalue weighted by molar-refractivity contribution is -0.121. The molecule has 1 heterocycles. The Morgan fingerprint density at radius 3 is 2.43 bits per heavy atom. The number of benzene rings is 2. The summed E-state index contributed by atoms with van der Waals surface area (Å²) in [4.78, 5) is 28.6. The Kier molecular flexibility index (Phi) is 6.61. The van der Waals surface area contributed by atoms with E-state index in [4.69, 9.17) is 12.2 Å². The number of thiocarbonyl (C=S) groups is 1. The van der Waals surface area contributed by atoms with Gasteiger partial charge in [-0.2, -0.15) is 0 Å². The van der Waals surface area contributed by atoms with Gasteiger partial charge in [0, 0.05) is 25.7 Å². The van der Waals surface area contributed by atoms with Crippen molar-refractivity contribution >= 4 is 46.2 Å². The highest BCUT2D eigenvalue weighted by molar-refractivity contribution is 8.26. The maximum Gasteiger partial charge on any atom is 0.265 e. The monoisotopic (exact) mass is 412 g/mol. The first-order valence-corrected chi connectivity index (χ1v) is 9.98. The van der Waals surface area contributed by atoms with Crippen LogP contribution in [0.15, 0.2) is 59.5 Å². The van der Waals surface area contributed by atoms with E-state index in [0.717, 1.165) is 11.1 Å². The summed E-state index contributed by atoms with van der Waals surface area (Å²) in [7, 11) is 1.66. The zero-order chi connectivity index (χ0) is 20.1. The van der Waals surface area contributed by atoms with Crippen molar-refractivity contribution in [1.29, 1.82) is 0 Å². The topological polar surface area (TPSA) is 60.9 Å². The van der Waals surface area contributed by atoms with Crippen LogP contribution < -0.4 is 0 Å². The minimum Gasteiger partial charge on any atom is -0.395 e. The van der Waals surface area contributed by atoms with Gasteiger partial charge in [0.05, 0.1) is 11.5 Å². The van der Waals surface area contributed by atoms with E-state index in [1.165, 1.54) is 16.7 Å². The molecule has 1 aliphatic heterocycles. The average Bonchev–Trinajstić information content (AvgIpc) is 2.95. The van der Waals surface area contributed by atoms with Gasteiger partial charge in [-0.3, -0.25) is 14.5 Å². The Morgan fingerprint density at radius 2 is 1.86 bits per heavy atom. The molecule has 2 aromatic carbocycles. The summed E-state index contributed by atoms with van der Waals surface area (Å²) in [5.74, 6) is -0.267. The van der Waals surface area contributed by atoms with Gasteiger partial charge in [0.2, 0.25) is 0 Å². The van der Waals surface area contributed by atoms with Gasteiger partial charge in [0.25, 0.3) is 11.8 Å². The number of carbonyl (C=O) groups is 2. The molecule has 1 aliphatic rings. The lowest BCUT2D eigenvalue weighted by Crippen LogP contribution is -2.33. The smallest absolute Gasteiger partial charge is 0.265 e. The van der Waals surface area contributed by atoms with Gasteiger partial charge in [-0.05, 0) is 29.3 Å². The molecule has 1 saturated heterocycles. The molecule has 7 heteroatoms. The molecule has 0 unspecified atom stereocenters. The number of thioether (sulfide) groups is 1. The molecule has 1 N–H and O–H groups in total. The fourth-order valence-electron chi connectivity index (χ4n) is 2.78. The highest BCUT2D eigenvalue weighted by Crippen LogP contribution is 2.31. The first kappa shape index (κ1) is 20.3. The number of aliphatic hydroxyl groups is 1. The van der Waals surface area contributed by atoms with Crippen molar-refractivity contribution in [3.05, 3.63) is 76.2 Å². The highest BCUT2D eigenvalue weighted by atomic mass is 32.2. The molecule has 0 aliphatic carbocycles. The van der Waals surface area contributed by atoms with Crippen LogP contribution in [0.4, 0.5) is 0 Å². The molecule has 0 aromatic heterocycles. The van der Waals surface area contributed by atoms with Crippen LogP contribution in [0.1, 0.15) is 21.5 Å². The van der Waals surface area contributed by atoms with Crippen LogP contribution in [0, 0.1) is 0 Å². The maximum absolute atomic E-state index is 12.9. The van der Waals surface area contributed by atoms with E-state index < -0.39 is 0 Å². The average molecular weight is 413 g/mol. The number of hydrogen-bond acceptors (Lipinski definition) is 5. The third kappa shape index (κ3) is 4.67. The van der Waals surface area contributed by atoms with E-state index in [-0.39, 0.29) is 25.0 Å². The van der Waals surface area contributed by atoms with Gasteiger partial charge < -0.3 is 10.0 Å². The summed E-state index contributed by atoms with van der Waals surface area (Å²) in [6.45, 7) is 0.588. The van der Waals surface area contributed by atoms with Crippen molar-refractivity contribution in [1.82, 2.24) is 9.80 Å². The van der Waals surface area contributed by atoms with Crippen molar-refractivity contribution in [3.63, 3.8) is 0 Å². The maximum atomic E-state index is 12.9. The van der Waals surface area contributed by atoms with Gasteiger partial charge in [-0.15, -0.1) is 0 Å². The Bertz CT molecular complexity index is 911. The molecule has 1 fully saturated rings. The molecule has 0 atom stereocenters. The van der Waals surface area contributed by atoms with Crippen molar-refractivity contribution in [2.45, 2.75) is 6.54 Å². The molecule has 0 radical (unpaired) electrons. The summed E-state index contributed by atoms with van der Waals surface area (Å²) in [5.41, 5.74) is 2.36. The Morgan fingerprint density at radius 1 is 1.18 bits per heavy atom. The summed E-state index contributed by atoms with van der Waals surface area (Å²) in [6.07, 6.45) is 1.77. The normalized spacial score (nSPS) is 15.4. The number of likely N-dealkylation sites (N-methyl/N-ethyl adjacent to an activating group) is 1. The fourth-order valence-corrected chi connectivity index (χ4v) is 3.96. The van der Waals surface area contributed by atoms with Crippen molar-refractivity contribution in [2.75, 3.05) is 20.2 Å². The van der Waals surface area contributed by atoms with Gasteiger partial charge in [0.15, 0.2) is 0 Å². The summed E-state index contributed by atoms with van der Waals surface area (Å²) in [6, 6.07) is 16.7. The molecule has 0 spiro atoms. The number of rotatable bonds is 6. The molecule has 144 valence electrons. The lowest BCUT2D eigenvalue weighted by atomic mass is 10.1. The van der Waals surface area contributed by atoms with E-state index >= 15 is 0 Å². The van der Waals surface area contributed by atoms with Crippen LogP contribution in [-0.2, 0) is 11.3 Å². The van der Waals surface area contributed by atoms with Crippen LogP contribution in [-0.4, -0.2) is 51.2 Å². The first-order valence-electron chi connectivity index (χ1n) is 8.75. The van der Waals surface area contributed by atoms with Crippen molar-refractivity contribution < 1.29 is 14.7 Å². The number of carbonyl (C=O) groups excluding carboxylic acids is 2. The molecule has 2 aromatic rings. The third-order valence-corrected chi connectivity index (χ3v) is 5.80. The van der Waals surface area contributed by atoms with Crippen LogP contribution in [0.5, 0.6) is 0 Å². The molecule has 0 bridgehead atoms. The van der Waals surface area contributed by atoms with Crippen LogP contribution in [0.25, 0.3) is 6.08 Å². The van der Waals surface area contributed by atoms with E-state index in [0.29, 0.717) is 21.3 Å². The minimum atomic E-state index is -0.149. The second-order valence-electron chi connectivity index (χ2n) is 6.30. The highest BCUT2D eigenvalue weighted by Gasteiger charge is 2.28. The fraction of sp³-hybridized carbons (Fsp3) is 0.190. The molecule has 3 rings (SSSR count). The predicted molar refractivity (Wildman–Crippen MR) is 116 cm³/mol. The van der Waals surface area contributed by atoms with Gasteiger partial charge in [-0.25, -0.2) is 0 Å². The number of amides is 2. The number of aliphatic hydroxyl groups excluding tert-OH is 1. The standard InChI is InChI=1S/C21H20N2O3S2/c1-22-20(26)18(28-21(22)27)13-15-7-9-17(10-8-15)19(25)23(11-12-24)14-16-5-3-2-4-6-16/h2-10,13,24H,11-12,14H2,1H3/b18-13-. The number of nitrogens with zero attached hydrogens (tertiary/aromatic N) is 2. The zero-order valence-corrected chi connectivity index (χ0v) is 17.0. The van der Waals surface area contributed by atoms with Crippen LogP contribution in [0.2, 0.25) is 0 Å². The van der Waals surface area contributed by atoms with Crippen molar-refractivity contribution in [3.8, 4) is 0 Å². The Labute approximate surface area is 173 Å². The molecule has 5 nitrogen and oxygen atoms in total. The quantitative estimate of drug-likeness (QED) is 0.583. The van der Waals surface area contributed by atoms with E-state index in [1.807, 2.05) is 30.3 Å². The van der Waals surface area contributed by atoms with Crippen LogP contribution >= 0.6 is 24.0 Å². The van der Waals surface area contributed by atoms with Gasteiger partial charge in [0.1, 0.15) is 4.32 Å². The van der Waals surface area contributed by atoms with E-state index in [9.17, 15) is 14.7 Å². The van der Waals surface area contributed by atoms with E-state index in [2.05, 4.69) is 0 Å². The zero-order valence-electron chi connectivity index (χ0n) is 15.4. The first-order chi connectivity index (χ1) is 13.5. The molecule has 0 saturated carbocycles. The van der Waals surface area contributed by atoms with Gasteiger partial charge in [-0.1, -0.05) is 66.4 Å². The lowest BCUT2D eigenvalue weighted by Gasteiger charge is -2.22. The van der Waals surface area contributed by atoms with Gasteiger partial charge >= 0.3 is 0 Å². The SMILES string of the molecule is CN1C(=O)/C(=C/c2ccc(C(=O)N(CCO)Cc3ccccc3)cc2)SC1=S. The second kappa shape index (κ2) is 9.14. The largest absolute Gasteiger partial charge is 0.395 e. The summed E-state index contributed by atoms with van der Waals surface area (Å²) < 4.78 is 0.531. The Hall–Kier alpha value is -2.48. The Balaban J connectivity index is 1.75. The van der Waals surface area contributed by atoms with Crippen molar-refractivity contribution in [2.24, 2.45) is 0 Å². The third-order valence-electron chi connectivity index (χ3n) is 4.32. The predicted octanol–water partition coefficient (Wildman–Crippen LogP) is 3.15. The number of hydrogen-bond donors (Lipinski definition) is 1. The summed E-state index contributed by atoms with van der Waals surface area (Å²) >= 11 is 6.40.